The Kier molecular flexibility index (Phi) is 5.01. The van der Waals surface area contributed by atoms with Crippen molar-refractivity contribution in [3.63, 3.8) is 0 Å². The minimum Gasteiger partial charge on any atom is -0.508 e. The lowest BCUT2D eigenvalue weighted by molar-refractivity contribution is -0.143. The molecule has 0 fully saturated rings. The highest BCUT2D eigenvalue weighted by Crippen LogP contribution is 2.37. The molecule has 3 N–H and O–H groups in total. The van der Waals surface area contributed by atoms with Crippen molar-refractivity contribution in [1.29, 1.82) is 0 Å². The van der Waals surface area contributed by atoms with Crippen molar-refractivity contribution in [2.45, 2.75) is 12.4 Å². The predicted octanol–water partition coefficient (Wildman–Crippen LogP) is 5.21. The monoisotopic (exact) mass is 382 g/mol. The summed E-state index contributed by atoms with van der Waals surface area (Å²) >= 11 is 0. The first-order valence-corrected chi connectivity index (χ1v) is 6.72. The Bertz CT molecular complexity index is 799. The molecule has 2 aromatic rings. The van der Waals surface area contributed by atoms with Gasteiger partial charge in [-0.1, -0.05) is 0 Å². The summed E-state index contributed by atoms with van der Waals surface area (Å²) in [5.74, 6) is -1.50. The van der Waals surface area contributed by atoms with Gasteiger partial charge in [-0.2, -0.15) is 26.3 Å². The number of alkyl halides is 6. The SMILES string of the molecule is O=C(Nc1cc(C(F)(F)F)cc(C(F)(F)F)c1)Nc1ccc(O)cc1F. The summed E-state index contributed by atoms with van der Waals surface area (Å²) in [6, 6.07) is 1.87. The van der Waals surface area contributed by atoms with E-state index in [0.29, 0.717) is 18.2 Å². The minimum atomic E-state index is -5.07. The molecule has 0 saturated heterocycles. The first kappa shape index (κ1) is 19.3. The Labute approximate surface area is 141 Å². The molecule has 2 rings (SSSR count). The number of hydrogen-bond donors (Lipinski definition) is 3. The molecule has 140 valence electrons. The quantitative estimate of drug-likeness (QED) is 0.493. The number of anilines is 2. The first-order chi connectivity index (χ1) is 11.9. The smallest absolute Gasteiger partial charge is 0.416 e. The third-order valence-corrected chi connectivity index (χ3v) is 3.05. The predicted molar refractivity (Wildman–Crippen MR) is 77.2 cm³/mol. The molecule has 0 spiro atoms. The number of halogens is 7. The van der Waals surface area contributed by atoms with Crippen LogP contribution in [-0.4, -0.2) is 11.1 Å². The maximum atomic E-state index is 13.5. The third-order valence-electron chi connectivity index (χ3n) is 3.05. The molecule has 26 heavy (non-hydrogen) atoms. The normalized spacial score (nSPS) is 12.0. The Morgan fingerprint density at radius 1 is 0.846 bits per heavy atom. The van der Waals surface area contributed by atoms with E-state index in [0.717, 1.165) is 12.1 Å². The highest BCUT2D eigenvalue weighted by molar-refractivity contribution is 6.00. The molecule has 11 heteroatoms. The first-order valence-electron chi connectivity index (χ1n) is 6.72. The number of phenols is 1. The van der Waals surface area contributed by atoms with Crippen molar-refractivity contribution in [1.82, 2.24) is 0 Å². The van der Waals surface area contributed by atoms with Gasteiger partial charge in [0.05, 0.1) is 16.8 Å². The Morgan fingerprint density at radius 3 is 1.85 bits per heavy atom. The number of aromatic hydroxyl groups is 1. The van der Waals surface area contributed by atoms with Crippen LogP contribution < -0.4 is 10.6 Å². The molecule has 0 heterocycles. The van der Waals surface area contributed by atoms with Crippen LogP contribution in [0.4, 0.5) is 46.9 Å². The minimum absolute atomic E-state index is 0.0945. The topological polar surface area (TPSA) is 61.4 Å². The average molecular weight is 382 g/mol. The number of phenolic OH excluding ortho intramolecular Hbond substituents is 1. The molecule has 2 amide bonds. The van der Waals surface area contributed by atoms with Gasteiger partial charge in [-0.25, -0.2) is 9.18 Å². The molecule has 0 unspecified atom stereocenters. The molecule has 0 bridgehead atoms. The number of rotatable bonds is 2. The van der Waals surface area contributed by atoms with Crippen LogP contribution in [0.1, 0.15) is 11.1 Å². The lowest BCUT2D eigenvalue weighted by Crippen LogP contribution is -2.21. The molecule has 0 aromatic heterocycles. The number of benzene rings is 2. The summed E-state index contributed by atoms with van der Waals surface area (Å²) in [4.78, 5) is 11.7. The molecule has 4 nitrogen and oxygen atoms in total. The number of hydrogen-bond acceptors (Lipinski definition) is 2. The highest BCUT2D eigenvalue weighted by Gasteiger charge is 2.37. The number of amides is 2. The highest BCUT2D eigenvalue weighted by atomic mass is 19.4. The van der Waals surface area contributed by atoms with E-state index in [-0.39, 0.29) is 6.07 Å². The van der Waals surface area contributed by atoms with Gasteiger partial charge >= 0.3 is 18.4 Å². The number of carbonyl (C=O) groups is 1. The lowest BCUT2D eigenvalue weighted by Gasteiger charge is -2.15. The van der Waals surface area contributed by atoms with E-state index < -0.39 is 52.5 Å². The van der Waals surface area contributed by atoms with E-state index in [2.05, 4.69) is 0 Å². The largest absolute Gasteiger partial charge is 0.508 e. The van der Waals surface area contributed by atoms with Gasteiger partial charge in [0.25, 0.3) is 0 Å². The van der Waals surface area contributed by atoms with Gasteiger partial charge in [0.1, 0.15) is 11.6 Å². The van der Waals surface area contributed by atoms with Crippen molar-refractivity contribution in [3.8, 4) is 5.75 Å². The van der Waals surface area contributed by atoms with Crippen LogP contribution in [0.5, 0.6) is 5.75 Å². The molecular formula is C15H9F7N2O2. The molecule has 0 atom stereocenters. The third kappa shape index (κ3) is 4.77. The van der Waals surface area contributed by atoms with Crippen LogP contribution in [0, 0.1) is 5.82 Å². The summed E-state index contributed by atoms with van der Waals surface area (Å²) in [6.45, 7) is 0. The van der Waals surface area contributed by atoms with Gasteiger partial charge in [0.2, 0.25) is 0 Å². The van der Waals surface area contributed by atoms with E-state index >= 15 is 0 Å². The fourth-order valence-electron chi connectivity index (χ4n) is 1.92. The molecule has 0 saturated carbocycles. The van der Waals surface area contributed by atoms with Crippen LogP contribution in [0.2, 0.25) is 0 Å². The second-order valence-corrected chi connectivity index (χ2v) is 5.04. The molecular weight excluding hydrogens is 373 g/mol. The maximum absolute atomic E-state index is 13.5. The maximum Gasteiger partial charge on any atom is 0.416 e. The van der Waals surface area contributed by atoms with Gasteiger partial charge in [-0.05, 0) is 30.3 Å². The van der Waals surface area contributed by atoms with Crippen molar-refractivity contribution in [2.75, 3.05) is 10.6 Å². The van der Waals surface area contributed by atoms with Crippen LogP contribution in [0.15, 0.2) is 36.4 Å². The fraction of sp³-hybridized carbons (Fsp3) is 0.133. The lowest BCUT2D eigenvalue weighted by atomic mass is 10.1. The van der Waals surface area contributed by atoms with Crippen LogP contribution >= 0.6 is 0 Å². The Morgan fingerprint density at radius 2 is 1.38 bits per heavy atom. The van der Waals surface area contributed by atoms with Crippen molar-refractivity contribution < 1.29 is 40.6 Å². The zero-order valence-electron chi connectivity index (χ0n) is 12.5. The van der Waals surface area contributed by atoms with Crippen molar-refractivity contribution in [3.05, 3.63) is 53.3 Å². The standard InChI is InChI=1S/C15H9F7N2O2/c16-11-6-10(25)1-2-12(11)24-13(26)23-9-4-7(14(17,18)19)3-8(5-9)15(20,21)22/h1-6,25H,(H2,23,24,26). The van der Waals surface area contributed by atoms with E-state index in [1.807, 2.05) is 5.32 Å². The van der Waals surface area contributed by atoms with Crippen LogP contribution in [-0.2, 0) is 12.4 Å². The van der Waals surface area contributed by atoms with E-state index in [1.54, 1.807) is 5.32 Å². The number of urea groups is 1. The van der Waals surface area contributed by atoms with Gasteiger partial charge in [-0.15, -0.1) is 0 Å². The zero-order valence-corrected chi connectivity index (χ0v) is 12.5. The van der Waals surface area contributed by atoms with E-state index in [4.69, 9.17) is 5.11 Å². The Balaban J connectivity index is 2.28. The fourth-order valence-corrected chi connectivity index (χ4v) is 1.92. The number of nitrogens with one attached hydrogen (secondary N) is 2. The zero-order chi connectivity index (χ0) is 19.7. The Hall–Kier alpha value is -2.98. The summed E-state index contributed by atoms with van der Waals surface area (Å²) in [7, 11) is 0. The molecule has 2 aromatic carbocycles. The van der Waals surface area contributed by atoms with Gasteiger partial charge in [0.15, 0.2) is 0 Å². The summed E-state index contributed by atoms with van der Waals surface area (Å²) in [6.07, 6.45) is -10.1. The van der Waals surface area contributed by atoms with Crippen LogP contribution in [0.25, 0.3) is 0 Å². The van der Waals surface area contributed by atoms with E-state index in [1.165, 1.54) is 0 Å². The second-order valence-electron chi connectivity index (χ2n) is 5.04. The second kappa shape index (κ2) is 6.73. The van der Waals surface area contributed by atoms with Gasteiger partial charge < -0.3 is 15.7 Å². The number of carbonyl (C=O) groups excluding carboxylic acids is 1. The summed E-state index contributed by atoms with van der Waals surface area (Å²) < 4.78 is 89.9. The van der Waals surface area contributed by atoms with Crippen molar-refractivity contribution in [2.24, 2.45) is 0 Å². The average Bonchev–Trinajstić information content (AvgIpc) is 2.48. The van der Waals surface area contributed by atoms with E-state index in [9.17, 15) is 35.5 Å². The molecule has 0 aliphatic rings. The molecule has 0 aliphatic heterocycles. The van der Waals surface area contributed by atoms with Crippen molar-refractivity contribution >= 4 is 17.4 Å². The summed E-state index contributed by atoms with van der Waals surface area (Å²) in [5.41, 5.74) is -4.45. The summed E-state index contributed by atoms with van der Waals surface area (Å²) in [5, 5.41) is 12.7. The van der Waals surface area contributed by atoms with Gasteiger partial charge in [-0.3, -0.25) is 0 Å². The molecule has 0 radical (unpaired) electrons. The van der Waals surface area contributed by atoms with Gasteiger partial charge in [0, 0.05) is 11.8 Å². The van der Waals surface area contributed by atoms with Crippen LogP contribution in [0.3, 0.4) is 0 Å². The molecule has 0 aliphatic carbocycles.